The second-order valence-electron chi connectivity index (χ2n) is 5.47. The third kappa shape index (κ3) is 4.17. The lowest BCUT2D eigenvalue weighted by Gasteiger charge is -2.32. The van der Waals surface area contributed by atoms with Gasteiger partial charge in [-0.2, -0.15) is 0 Å². The SMILES string of the molecule is O=C1CC(C(=O)Nc2cc(Cl)cc(Cl)c2)N=C(N2CCOCC2)N1. The van der Waals surface area contributed by atoms with E-state index in [9.17, 15) is 9.59 Å². The van der Waals surface area contributed by atoms with Crippen molar-refractivity contribution in [3.8, 4) is 0 Å². The summed E-state index contributed by atoms with van der Waals surface area (Å²) in [6, 6.07) is 3.94. The Hall–Kier alpha value is -1.83. The van der Waals surface area contributed by atoms with Gasteiger partial charge in [0.25, 0.3) is 0 Å². The molecule has 24 heavy (non-hydrogen) atoms. The molecule has 0 bridgehead atoms. The van der Waals surface area contributed by atoms with E-state index >= 15 is 0 Å². The van der Waals surface area contributed by atoms with Gasteiger partial charge in [-0.25, -0.2) is 4.99 Å². The summed E-state index contributed by atoms with van der Waals surface area (Å²) >= 11 is 11.8. The number of hydrogen-bond donors (Lipinski definition) is 2. The Labute approximate surface area is 149 Å². The molecular formula is C15H16Cl2N4O3. The zero-order valence-corrected chi connectivity index (χ0v) is 14.2. The first-order valence-electron chi connectivity index (χ1n) is 7.48. The highest BCUT2D eigenvalue weighted by atomic mass is 35.5. The lowest BCUT2D eigenvalue weighted by molar-refractivity contribution is -0.125. The molecule has 0 spiro atoms. The zero-order valence-electron chi connectivity index (χ0n) is 12.7. The first-order valence-corrected chi connectivity index (χ1v) is 8.24. The molecule has 1 aromatic rings. The van der Waals surface area contributed by atoms with Gasteiger partial charge < -0.3 is 15.0 Å². The van der Waals surface area contributed by atoms with Crippen LogP contribution in [0.4, 0.5) is 5.69 Å². The van der Waals surface area contributed by atoms with Gasteiger partial charge in [-0.05, 0) is 18.2 Å². The van der Waals surface area contributed by atoms with Crippen molar-refractivity contribution in [2.45, 2.75) is 12.5 Å². The molecule has 1 atom stereocenters. The molecule has 2 amide bonds. The normalized spacial score (nSPS) is 21.1. The first kappa shape index (κ1) is 17.0. The summed E-state index contributed by atoms with van der Waals surface area (Å²) in [7, 11) is 0. The van der Waals surface area contributed by atoms with Crippen LogP contribution in [0, 0.1) is 0 Å². The van der Waals surface area contributed by atoms with E-state index in [1.807, 2.05) is 4.90 Å². The van der Waals surface area contributed by atoms with Crippen LogP contribution in [0.1, 0.15) is 6.42 Å². The summed E-state index contributed by atoms with van der Waals surface area (Å²) in [5.41, 5.74) is 0.464. The van der Waals surface area contributed by atoms with E-state index < -0.39 is 6.04 Å². The fourth-order valence-corrected chi connectivity index (χ4v) is 3.04. The number of aliphatic imine (C=N–C) groups is 1. The molecule has 1 saturated heterocycles. The molecule has 1 fully saturated rings. The van der Waals surface area contributed by atoms with E-state index in [0.717, 1.165) is 0 Å². The van der Waals surface area contributed by atoms with Gasteiger partial charge in [-0.1, -0.05) is 23.2 Å². The zero-order chi connectivity index (χ0) is 17.1. The molecule has 0 saturated carbocycles. The molecule has 3 rings (SSSR count). The standard InChI is InChI=1S/C15H16Cl2N4O3/c16-9-5-10(17)7-11(6-9)18-14(23)12-8-13(22)20-15(19-12)21-1-3-24-4-2-21/h5-7,12H,1-4,8H2,(H,18,23)(H,19,20,22). The Bertz CT molecular complexity index is 669. The van der Waals surface area contributed by atoms with Crippen LogP contribution in [0.5, 0.6) is 0 Å². The van der Waals surface area contributed by atoms with Gasteiger partial charge in [-0.3, -0.25) is 14.9 Å². The predicted octanol–water partition coefficient (Wildman–Crippen LogP) is 1.51. The van der Waals surface area contributed by atoms with Crippen molar-refractivity contribution in [2.24, 2.45) is 4.99 Å². The summed E-state index contributed by atoms with van der Waals surface area (Å²) < 4.78 is 5.28. The summed E-state index contributed by atoms with van der Waals surface area (Å²) in [6.07, 6.45) is -0.00598. The van der Waals surface area contributed by atoms with Crippen LogP contribution < -0.4 is 10.6 Å². The molecule has 0 aliphatic carbocycles. The highest BCUT2D eigenvalue weighted by Crippen LogP contribution is 2.23. The number of anilines is 1. The number of morpholine rings is 1. The number of nitrogens with zero attached hydrogens (tertiary/aromatic N) is 2. The van der Waals surface area contributed by atoms with E-state index in [1.54, 1.807) is 18.2 Å². The van der Waals surface area contributed by atoms with E-state index in [-0.39, 0.29) is 18.2 Å². The number of benzene rings is 1. The smallest absolute Gasteiger partial charge is 0.249 e. The van der Waals surface area contributed by atoms with Gasteiger partial charge in [0.15, 0.2) is 0 Å². The number of guanidine groups is 1. The van der Waals surface area contributed by atoms with Crippen molar-refractivity contribution in [1.29, 1.82) is 0 Å². The number of carbonyl (C=O) groups is 2. The molecule has 9 heteroatoms. The molecule has 0 aromatic heterocycles. The molecule has 2 aliphatic heterocycles. The summed E-state index contributed by atoms with van der Waals surface area (Å²) in [5, 5.41) is 6.24. The van der Waals surface area contributed by atoms with Gasteiger partial charge in [0.2, 0.25) is 17.8 Å². The molecule has 2 aliphatic rings. The molecule has 7 nitrogen and oxygen atoms in total. The molecule has 128 valence electrons. The number of nitrogens with one attached hydrogen (secondary N) is 2. The van der Waals surface area contributed by atoms with Crippen LogP contribution in [0.3, 0.4) is 0 Å². The number of halogens is 2. The van der Waals surface area contributed by atoms with Gasteiger partial charge in [0, 0.05) is 28.8 Å². The number of amides is 2. The van der Waals surface area contributed by atoms with Gasteiger partial charge in [-0.15, -0.1) is 0 Å². The van der Waals surface area contributed by atoms with Crippen LogP contribution in [0.2, 0.25) is 10.0 Å². The molecule has 2 heterocycles. The van der Waals surface area contributed by atoms with E-state index in [1.165, 1.54) is 0 Å². The number of ether oxygens (including phenoxy) is 1. The van der Waals surface area contributed by atoms with Gasteiger partial charge in [0.05, 0.1) is 19.6 Å². The minimum atomic E-state index is -0.797. The average Bonchev–Trinajstić information content (AvgIpc) is 2.54. The Morgan fingerprint density at radius 2 is 1.92 bits per heavy atom. The maximum atomic E-state index is 12.4. The fraction of sp³-hybridized carbons (Fsp3) is 0.400. The summed E-state index contributed by atoms with van der Waals surface area (Å²) in [6.45, 7) is 2.37. The lowest BCUT2D eigenvalue weighted by Crippen LogP contribution is -2.53. The summed E-state index contributed by atoms with van der Waals surface area (Å²) in [5.74, 6) is -0.205. The monoisotopic (exact) mass is 370 g/mol. The molecule has 0 radical (unpaired) electrons. The third-order valence-electron chi connectivity index (χ3n) is 3.65. The molecule has 2 N–H and O–H groups in total. The van der Waals surface area contributed by atoms with Crippen LogP contribution in [-0.2, 0) is 14.3 Å². The van der Waals surface area contributed by atoms with Gasteiger partial charge >= 0.3 is 0 Å². The highest BCUT2D eigenvalue weighted by Gasteiger charge is 2.29. The Balaban J connectivity index is 1.74. The molecule has 1 aromatic carbocycles. The van der Waals surface area contributed by atoms with Crippen molar-refractivity contribution in [3.63, 3.8) is 0 Å². The fourth-order valence-electron chi connectivity index (χ4n) is 2.52. The van der Waals surface area contributed by atoms with Crippen LogP contribution >= 0.6 is 23.2 Å². The minimum Gasteiger partial charge on any atom is -0.378 e. The Morgan fingerprint density at radius 1 is 1.25 bits per heavy atom. The lowest BCUT2D eigenvalue weighted by atomic mass is 10.1. The van der Waals surface area contributed by atoms with E-state index in [0.29, 0.717) is 48.0 Å². The maximum Gasteiger partial charge on any atom is 0.249 e. The van der Waals surface area contributed by atoms with Crippen molar-refractivity contribution in [2.75, 3.05) is 31.6 Å². The summed E-state index contributed by atoms with van der Waals surface area (Å²) in [4.78, 5) is 30.6. The third-order valence-corrected chi connectivity index (χ3v) is 4.09. The van der Waals surface area contributed by atoms with Crippen LogP contribution in [0.25, 0.3) is 0 Å². The van der Waals surface area contributed by atoms with Crippen molar-refractivity contribution in [1.82, 2.24) is 10.2 Å². The second-order valence-corrected chi connectivity index (χ2v) is 6.34. The van der Waals surface area contributed by atoms with Crippen molar-refractivity contribution in [3.05, 3.63) is 28.2 Å². The highest BCUT2D eigenvalue weighted by molar-refractivity contribution is 6.35. The van der Waals surface area contributed by atoms with Crippen LogP contribution in [-0.4, -0.2) is 55.0 Å². The Kier molecular flexibility index (Phi) is 5.23. The number of carbonyl (C=O) groups excluding carboxylic acids is 2. The maximum absolute atomic E-state index is 12.4. The predicted molar refractivity (Wildman–Crippen MR) is 91.5 cm³/mol. The number of rotatable bonds is 2. The quantitative estimate of drug-likeness (QED) is 0.826. The Morgan fingerprint density at radius 3 is 2.58 bits per heavy atom. The second kappa shape index (κ2) is 7.38. The van der Waals surface area contributed by atoms with E-state index in [4.69, 9.17) is 27.9 Å². The minimum absolute atomic E-state index is 0.00598. The molecular weight excluding hydrogens is 355 g/mol. The van der Waals surface area contributed by atoms with Crippen molar-refractivity contribution >= 4 is 46.7 Å². The molecule has 1 unspecified atom stereocenters. The first-order chi connectivity index (χ1) is 11.5. The number of hydrogen-bond acceptors (Lipinski definition) is 5. The average molecular weight is 371 g/mol. The van der Waals surface area contributed by atoms with Crippen molar-refractivity contribution < 1.29 is 14.3 Å². The topological polar surface area (TPSA) is 83.0 Å². The van der Waals surface area contributed by atoms with E-state index in [2.05, 4.69) is 15.6 Å². The largest absolute Gasteiger partial charge is 0.378 e. The van der Waals surface area contributed by atoms with Gasteiger partial charge in [0.1, 0.15) is 6.04 Å². The van der Waals surface area contributed by atoms with Crippen LogP contribution in [0.15, 0.2) is 23.2 Å².